The summed E-state index contributed by atoms with van der Waals surface area (Å²) >= 11 is 0. The van der Waals surface area contributed by atoms with Crippen LogP contribution in [0.5, 0.6) is 5.75 Å². The van der Waals surface area contributed by atoms with Gasteiger partial charge in [0.25, 0.3) is 0 Å². The molecule has 0 radical (unpaired) electrons. The van der Waals surface area contributed by atoms with E-state index in [9.17, 15) is 0 Å². The second-order valence-electron chi connectivity index (χ2n) is 7.93. The van der Waals surface area contributed by atoms with E-state index in [0.717, 1.165) is 40.2 Å². The fourth-order valence-electron chi connectivity index (χ4n) is 4.01. The maximum absolute atomic E-state index is 6.28. The molecule has 0 fully saturated rings. The molecular formula is C26H22N2O. The molecule has 29 heavy (non-hydrogen) atoms. The Labute approximate surface area is 171 Å². The van der Waals surface area contributed by atoms with Crippen LogP contribution in [0.4, 0.5) is 0 Å². The van der Waals surface area contributed by atoms with E-state index < -0.39 is 0 Å². The van der Waals surface area contributed by atoms with Crippen LogP contribution in [0, 0.1) is 0 Å². The third-order valence-electron chi connectivity index (χ3n) is 5.42. The number of nitrogens with zero attached hydrogens (tertiary/aromatic N) is 2. The van der Waals surface area contributed by atoms with Crippen LogP contribution in [0.15, 0.2) is 85.2 Å². The topological polar surface area (TPSA) is 35.0 Å². The van der Waals surface area contributed by atoms with Crippen LogP contribution in [-0.4, -0.2) is 9.97 Å². The number of ether oxygens (including phenoxy) is 1. The van der Waals surface area contributed by atoms with Crippen LogP contribution in [0.1, 0.15) is 30.5 Å². The van der Waals surface area contributed by atoms with Gasteiger partial charge in [-0.05, 0) is 67.8 Å². The Morgan fingerprint density at radius 1 is 0.793 bits per heavy atom. The van der Waals surface area contributed by atoms with Crippen molar-refractivity contribution >= 4 is 0 Å². The van der Waals surface area contributed by atoms with E-state index in [0.29, 0.717) is 0 Å². The van der Waals surface area contributed by atoms with Crippen LogP contribution < -0.4 is 4.74 Å². The summed E-state index contributed by atoms with van der Waals surface area (Å²) < 4.78 is 6.28. The Hall–Kier alpha value is -3.46. The van der Waals surface area contributed by atoms with Crippen molar-refractivity contribution in [2.75, 3.05) is 0 Å². The molecular weight excluding hydrogens is 356 g/mol. The van der Waals surface area contributed by atoms with Gasteiger partial charge in [-0.15, -0.1) is 0 Å². The van der Waals surface area contributed by atoms with E-state index in [2.05, 4.69) is 72.3 Å². The predicted molar refractivity (Wildman–Crippen MR) is 116 cm³/mol. The molecule has 0 unspecified atom stereocenters. The van der Waals surface area contributed by atoms with Crippen molar-refractivity contribution in [1.29, 1.82) is 0 Å². The van der Waals surface area contributed by atoms with Crippen molar-refractivity contribution in [2.45, 2.75) is 25.9 Å². The van der Waals surface area contributed by atoms with Crippen molar-refractivity contribution in [2.24, 2.45) is 0 Å². The molecule has 3 heteroatoms. The van der Waals surface area contributed by atoms with E-state index in [1.54, 1.807) is 0 Å². The summed E-state index contributed by atoms with van der Waals surface area (Å²) in [5.74, 6) is 0.896. The van der Waals surface area contributed by atoms with Gasteiger partial charge in [-0.2, -0.15) is 0 Å². The molecule has 0 N–H and O–H groups in total. The highest BCUT2D eigenvalue weighted by Crippen LogP contribution is 2.44. The Kier molecular flexibility index (Phi) is 4.17. The minimum Gasteiger partial charge on any atom is -0.482 e. The van der Waals surface area contributed by atoms with E-state index >= 15 is 0 Å². The molecule has 3 heterocycles. The molecule has 1 aliphatic rings. The molecule has 0 saturated carbocycles. The number of rotatable bonds is 3. The second-order valence-corrected chi connectivity index (χ2v) is 7.93. The Bertz CT molecular complexity index is 1180. The van der Waals surface area contributed by atoms with Gasteiger partial charge in [0.05, 0.1) is 11.4 Å². The number of pyridine rings is 2. The van der Waals surface area contributed by atoms with Gasteiger partial charge in [0.15, 0.2) is 0 Å². The highest BCUT2D eigenvalue weighted by atomic mass is 16.5. The van der Waals surface area contributed by atoms with E-state index in [1.807, 2.05) is 36.7 Å². The van der Waals surface area contributed by atoms with Crippen molar-refractivity contribution in [3.63, 3.8) is 0 Å². The zero-order valence-electron chi connectivity index (χ0n) is 16.6. The standard InChI is InChI=1S/C26H22N2O/c1-26(2)22-9-6-14-28-25(22)21-17-19(11-12-24(21)29-26)15-18-7-5-8-20(16-18)23-10-3-4-13-27-23/h3-14,16-17H,15H2,1-2H3. The summed E-state index contributed by atoms with van der Waals surface area (Å²) in [5.41, 5.74) is 7.46. The smallest absolute Gasteiger partial charge is 0.131 e. The first-order valence-corrected chi connectivity index (χ1v) is 9.88. The van der Waals surface area contributed by atoms with Gasteiger partial charge < -0.3 is 4.74 Å². The average molecular weight is 378 g/mol. The molecule has 2 aromatic heterocycles. The minimum absolute atomic E-state index is 0.380. The first-order chi connectivity index (χ1) is 14.1. The molecule has 3 nitrogen and oxygen atoms in total. The number of aromatic nitrogens is 2. The zero-order valence-corrected chi connectivity index (χ0v) is 16.6. The van der Waals surface area contributed by atoms with Crippen LogP contribution in [0.2, 0.25) is 0 Å². The van der Waals surface area contributed by atoms with Gasteiger partial charge in [0.2, 0.25) is 0 Å². The lowest BCUT2D eigenvalue weighted by atomic mass is 9.88. The van der Waals surface area contributed by atoms with Crippen molar-refractivity contribution in [3.8, 4) is 28.3 Å². The lowest BCUT2D eigenvalue weighted by Gasteiger charge is -2.34. The summed E-state index contributed by atoms with van der Waals surface area (Å²) in [5, 5.41) is 0. The summed E-state index contributed by atoms with van der Waals surface area (Å²) in [6, 6.07) is 25.1. The number of fused-ring (bicyclic) bond motifs is 3. The fraction of sp³-hybridized carbons (Fsp3) is 0.154. The lowest BCUT2D eigenvalue weighted by molar-refractivity contribution is 0.105. The Morgan fingerprint density at radius 3 is 2.52 bits per heavy atom. The first kappa shape index (κ1) is 17.6. The van der Waals surface area contributed by atoms with Crippen molar-refractivity contribution in [3.05, 3.63) is 102 Å². The molecule has 0 saturated heterocycles. The summed E-state index contributed by atoms with van der Waals surface area (Å²) in [6.45, 7) is 4.18. The molecule has 0 spiro atoms. The highest BCUT2D eigenvalue weighted by Gasteiger charge is 2.33. The highest BCUT2D eigenvalue weighted by molar-refractivity contribution is 5.74. The Morgan fingerprint density at radius 2 is 1.66 bits per heavy atom. The van der Waals surface area contributed by atoms with Gasteiger partial charge in [0, 0.05) is 29.1 Å². The van der Waals surface area contributed by atoms with E-state index in [1.165, 1.54) is 11.1 Å². The fourth-order valence-corrected chi connectivity index (χ4v) is 4.01. The summed E-state index contributed by atoms with van der Waals surface area (Å²) in [7, 11) is 0. The average Bonchev–Trinajstić information content (AvgIpc) is 2.75. The quantitative estimate of drug-likeness (QED) is 0.437. The van der Waals surface area contributed by atoms with E-state index in [4.69, 9.17) is 4.74 Å². The van der Waals surface area contributed by atoms with Gasteiger partial charge in [-0.1, -0.05) is 36.4 Å². The Balaban J connectivity index is 1.50. The molecule has 1 aliphatic heterocycles. The number of hydrogen-bond donors (Lipinski definition) is 0. The minimum atomic E-state index is -0.380. The molecule has 0 bridgehead atoms. The number of benzene rings is 2. The molecule has 0 atom stereocenters. The van der Waals surface area contributed by atoms with Crippen LogP contribution in [0.25, 0.3) is 22.5 Å². The van der Waals surface area contributed by atoms with Gasteiger partial charge >= 0.3 is 0 Å². The molecule has 142 valence electrons. The zero-order chi connectivity index (χ0) is 19.8. The third-order valence-corrected chi connectivity index (χ3v) is 5.42. The predicted octanol–water partition coefficient (Wildman–Crippen LogP) is 6.03. The summed E-state index contributed by atoms with van der Waals surface area (Å²) in [6.07, 6.45) is 4.53. The summed E-state index contributed by atoms with van der Waals surface area (Å²) in [4.78, 5) is 9.14. The monoisotopic (exact) mass is 378 g/mol. The largest absolute Gasteiger partial charge is 0.482 e. The first-order valence-electron chi connectivity index (χ1n) is 9.88. The van der Waals surface area contributed by atoms with Gasteiger partial charge in [-0.3, -0.25) is 9.97 Å². The number of hydrogen-bond acceptors (Lipinski definition) is 3. The van der Waals surface area contributed by atoms with Crippen LogP contribution in [-0.2, 0) is 12.0 Å². The van der Waals surface area contributed by atoms with E-state index in [-0.39, 0.29) is 5.60 Å². The molecule has 4 aromatic rings. The normalized spacial score (nSPS) is 13.9. The van der Waals surface area contributed by atoms with Crippen LogP contribution in [0.3, 0.4) is 0 Å². The maximum Gasteiger partial charge on any atom is 0.131 e. The van der Waals surface area contributed by atoms with Crippen molar-refractivity contribution in [1.82, 2.24) is 9.97 Å². The maximum atomic E-state index is 6.28. The van der Waals surface area contributed by atoms with Crippen LogP contribution >= 0.6 is 0 Å². The van der Waals surface area contributed by atoms with Gasteiger partial charge in [-0.25, -0.2) is 0 Å². The SMILES string of the molecule is CC1(C)Oc2ccc(Cc3cccc(-c4ccccn4)c3)cc2-c2ncccc21. The molecule has 0 amide bonds. The van der Waals surface area contributed by atoms with Crippen molar-refractivity contribution < 1.29 is 4.74 Å². The second kappa shape index (κ2) is 6.85. The third kappa shape index (κ3) is 3.29. The lowest BCUT2D eigenvalue weighted by Crippen LogP contribution is -2.29. The molecule has 0 aliphatic carbocycles. The van der Waals surface area contributed by atoms with Gasteiger partial charge in [0.1, 0.15) is 11.4 Å². The molecule has 2 aromatic carbocycles. The molecule has 5 rings (SSSR count).